The molecule has 4 nitrogen and oxygen atoms in total. The van der Waals surface area contributed by atoms with Crippen LogP contribution in [0.4, 0.5) is 39.5 Å². The molecule has 0 aliphatic carbocycles. The zero-order valence-corrected chi connectivity index (χ0v) is 23.6. The van der Waals surface area contributed by atoms with Crippen LogP contribution in [0.25, 0.3) is 0 Å². The molecular weight excluding hydrogens is 641 g/mol. The van der Waals surface area contributed by atoms with Crippen LogP contribution >= 0.6 is 11.6 Å². The molecular formula is C31H21ClF9NO3. The number of methoxy groups -OCH3 is 1. The highest BCUT2D eigenvalue weighted by Crippen LogP contribution is 2.40. The maximum absolute atomic E-state index is 15.0. The van der Waals surface area contributed by atoms with E-state index in [9.17, 15) is 39.9 Å². The van der Waals surface area contributed by atoms with Crippen LogP contribution in [-0.4, -0.2) is 25.6 Å². The molecule has 4 rings (SSSR count). The van der Waals surface area contributed by atoms with Gasteiger partial charge in [-0.05, 0) is 59.2 Å². The number of benzene rings is 4. The molecule has 0 bridgehead atoms. The number of ether oxygens (including phenoxy) is 2. The van der Waals surface area contributed by atoms with Gasteiger partial charge in [0.1, 0.15) is 23.1 Å². The highest BCUT2D eigenvalue weighted by Gasteiger charge is 2.45. The summed E-state index contributed by atoms with van der Waals surface area (Å²) in [5.74, 6) is -5.03. The average molecular weight is 662 g/mol. The Morgan fingerprint density at radius 2 is 1.56 bits per heavy atom. The smallest absolute Gasteiger partial charge is 0.461 e. The quantitative estimate of drug-likeness (QED) is 0.173. The Bertz CT molecular complexity index is 1680. The highest BCUT2D eigenvalue weighted by molar-refractivity contribution is 6.32. The van der Waals surface area contributed by atoms with Crippen molar-refractivity contribution in [2.75, 3.05) is 7.11 Å². The summed E-state index contributed by atoms with van der Waals surface area (Å²) in [6.45, 7) is 0. The van der Waals surface area contributed by atoms with Crippen LogP contribution in [-0.2, 0) is 18.1 Å². The van der Waals surface area contributed by atoms with Gasteiger partial charge < -0.3 is 14.8 Å². The minimum Gasteiger partial charge on any atom is -0.495 e. The van der Waals surface area contributed by atoms with Gasteiger partial charge >= 0.3 is 18.7 Å². The van der Waals surface area contributed by atoms with E-state index in [0.29, 0.717) is 17.7 Å². The summed E-state index contributed by atoms with van der Waals surface area (Å²) < 4.78 is 132. The first kappa shape index (κ1) is 33.5. The van der Waals surface area contributed by atoms with E-state index < -0.39 is 58.7 Å². The molecule has 0 spiro atoms. The zero-order valence-electron chi connectivity index (χ0n) is 22.9. The maximum Gasteiger partial charge on any atom is 0.461 e. The lowest BCUT2D eigenvalue weighted by Crippen LogP contribution is -2.49. The molecule has 1 N–H and O–H groups in total. The van der Waals surface area contributed by atoms with Gasteiger partial charge in [-0.2, -0.15) is 30.7 Å². The summed E-state index contributed by atoms with van der Waals surface area (Å²) in [6.07, 6.45) is -14.8. The van der Waals surface area contributed by atoms with Gasteiger partial charge in [0.25, 0.3) is 5.91 Å². The van der Waals surface area contributed by atoms with E-state index in [1.807, 2.05) is 0 Å². The molecule has 0 saturated carbocycles. The Labute approximate surface area is 255 Å². The standard InChI is InChI=1S/C31H21ClF9NO3/c1-44-26-10-8-19(14-24(26)32)29(16-17-5-3-2-4-6-17,20-12-21(33)15-22(13-20)45-31(40,41)28(35)36)42-27(43)18-7-9-25(34)23(11-18)30(37,38)39/h2-15,28H,16H2,1H3,(H,42,43)/t29-/m1/s1. The van der Waals surface area contributed by atoms with Crippen molar-refractivity contribution in [2.45, 2.75) is 30.7 Å². The molecule has 0 unspecified atom stereocenters. The molecule has 0 saturated heterocycles. The second kappa shape index (κ2) is 12.9. The van der Waals surface area contributed by atoms with E-state index in [2.05, 4.69) is 10.1 Å². The van der Waals surface area contributed by atoms with E-state index in [1.54, 1.807) is 30.3 Å². The number of halogens is 10. The molecule has 0 aliphatic rings. The number of nitrogens with one attached hydrogen (secondary N) is 1. The summed E-state index contributed by atoms with van der Waals surface area (Å²) in [5.41, 5.74) is -4.34. The predicted molar refractivity (Wildman–Crippen MR) is 146 cm³/mol. The summed E-state index contributed by atoms with van der Waals surface area (Å²) >= 11 is 6.37. The van der Waals surface area contributed by atoms with Crippen LogP contribution in [0, 0.1) is 11.6 Å². The van der Waals surface area contributed by atoms with Crippen molar-refractivity contribution in [1.29, 1.82) is 0 Å². The van der Waals surface area contributed by atoms with Gasteiger partial charge in [0.15, 0.2) is 0 Å². The number of hydrogen-bond acceptors (Lipinski definition) is 3. The monoisotopic (exact) mass is 661 g/mol. The number of amides is 1. The van der Waals surface area contributed by atoms with Crippen LogP contribution in [0.2, 0.25) is 5.02 Å². The minimum absolute atomic E-state index is 0.0417. The Hall–Kier alpha value is -4.39. The van der Waals surface area contributed by atoms with Gasteiger partial charge in [-0.25, -0.2) is 8.78 Å². The van der Waals surface area contributed by atoms with Gasteiger partial charge in [-0.15, -0.1) is 0 Å². The van der Waals surface area contributed by atoms with E-state index in [4.69, 9.17) is 16.3 Å². The Morgan fingerprint density at radius 3 is 2.16 bits per heavy atom. The number of rotatable bonds is 10. The molecule has 45 heavy (non-hydrogen) atoms. The fraction of sp³-hybridized carbons (Fsp3) is 0.194. The lowest BCUT2D eigenvalue weighted by Gasteiger charge is -2.37. The van der Waals surface area contributed by atoms with E-state index in [0.717, 1.165) is 18.2 Å². The Kier molecular flexibility index (Phi) is 9.62. The molecule has 238 valence electrons. The van der Waals surface area contributed by atoms with Gasteiger partial charge in [0.2, 0.25) is 0 Å². The van der Waals surface area contributed by atoms with Gasteiger partial charge in [-0.3, -0.25) is 4.79 Å². The topological polar surface area (TPSA) is 47.6 Å². The fourth-order valence-corrected chi connectivity index (χ4v) is 4.87. The third-order valence-electron chi connectivity index (χ3n) is 6.69. The fourth-order valence-electron chi connectivity index (χ4n) is 4.61. The average Bonchev–Trinajstić information content (AvgIpc) is 2.96. The third kappa shape index (κ3) is 7.47. The lowest BCUT2D eigenvalue weighted by atomic mass is 9.77. The van der Waals surface area contributed by atoms with Crippen molar-refractivity contribution >= 4 is 17.5 Å². The van der Waals surface area contributed by atoms with E-state index in [-0.39, 0.29) is 34.4 Å². The first-order valence-electron chi connectivity index (χ1n) is 12.8. The SMILES string of the molecule is COc1ccc([C@@](Cc2ccccc2)(NC(=O)c2ccc(F)c(C(F)(F)F)c2)c2cc(F)cc(OC(F)(F)C(F)F)c2)cc1Cl. The van der Waals surface area contributed by atoms with Crippen molar-refractivity contribution in [3.8, 4) is 11.5 Å². The van der Waals surface area contributed by atoms with Crippen molar-refractivity contribution in [2.24, 2.45) is 0 Å². The molecule has 1 atom stereocenters. The van der Waals surface area contributed by atoms with Crippen molar-refractivity contribution in [3.63, 3.8) is 0 Å². The molecule has 0 aromatic heterocycles. The summed E-state index contributed by atoms with van der Waals surface area (Å²) in [5, 5.41) is 2.50. The molecule has 4 aromatic rings. The number of alkyl halides is 7. The van der Waals surface area contributed by atoms with E-state index in [1.165, 1.54) is 25.3 Å². The molecule has 0 aliphatic heterocycles. The second-order valence-corrected chi connectivity index (χ2v) is 10.1. The highest BCUT2D eigenvalue weighted by atomic mass is 35.5. The van der Waals surface area contributed by atoms with Crippen LogP contribution in [0.3, 0.4) is 0 Å². The second-order valence-electron chi connectivity index (χ2n) is 9.70. The summed E-state index contributed by atoms with van der Waals surface area (Å²) in [7, 11) is 1.30. The third-order valence-corrected chi connectivity index (χ3v) is 6.99. The Morgan fingerprint density at radius 1 is 0.867 bits per heavy atom. The summed E-state index contributed by atoms with van der Waals surface area (Å²) in [6, 6.07) is 15.4. The normalized spacial score (nSPS) is 13.3. The number of carbonyl (C=O) groups is 1. The van der Waals surface area contributed by atoms with Crippen LogP contribution < -0.4 is 14.8 Å². The number of hydrogen-bond donors (Lipinski definition) is 1. The van der Waals surface area contributed by atoms with E-state index >= 15 is 4.39 Å². The van der Waals surface area contributed by atoms with Crippen LogP contribution in [0.1, 0.15) is 32.6 Å². The molecule has 14 heteroatoms. The van der Waals surface area contributed by atoms with Gasteiger partial charge in [-0.1, -0.05) is 48.0 Å². The van der Waals surface area contributed by atoms with Crippen LogP contribution in [0.5, 0.6) is 11.5 Å². The molecule has 0 fully saturated rings. The molecule has 4 aromatic carbocycles. The van der Waals surface area contributed by atoms with Crippen molar-refractivity contribution in [3.05, 3.63) is 129 Å². The molecule has 0 radical (unpaired) electrons. The molecule has 0 heterocycles. The molecule has 1 amide bonds. The van der Waals surface area contributed by atoms with Gasteiger partial charge in [0, 0.05) is 18.1 Å². The van der Waals surface area contributed by atoms with Crippen molar-refractivity contribution < 1.29 is 53.8 Å². The zero-order chi connectivity index (χ0) is 33.2. The van der Waals surface area contributed by atoms with Crippen LogP contribution in [0.15, 0.2) is 84.9 Å². The number of carbonyl (C=O) groups excluding carboxylic acids is 1. The minimum atomic E-state index is -5.17. The Balaban J connectivity index is 2.00. The van der Waals surface area contributed by atoms with Crippen molar-refractivity contribution in [1.82, 2.24) is 5.32 Å². The maximum atomic E-state index is 15.0. The van der Waals surface area contributed by atoms with Gasteiger partial charge in [0.05, 0.1) is 23.2 Å². The first-order chi connectivity index (χ1) is 21.1. The lowest BCUT2D eigenvalue weighted by molar-refractivity contribution is -0.253. The predicted octanol–water partition coefficient (Wildman–Crippen LogP) is 8.80. The summed E-state index contributed by atoms with van der Waals surface area (Å²) in [4.78, 5) is 13.7. The largest absolute Gasteiger partial charge is 0.495 e. The first-order valence-corrected chi connectivity index (χ1v) is 13.2.